The lowest BCUT2D eigenvalue weighted by atomic mass is 9.80. The Morgan fingerprint density at radius 3 is 2.85 bits per heavy atom. The summed E-state index contributed by atoms with van der Waals surface area (Å²) in [6.07, 6.45) is 1.95. The molecule has 1 aromatic carbocycles. The normalized spacial score (nSPS) is 32.5. The summed E-state index contributed by atoms with van der Waals surface area (Å²) in [6.45, 7) is 2.29. The van der Waals surface area contributed by atoms with Crippen molar-refractivity contribution in [2.75, 3.05) is 6.54 Å². The van der Waals surface area contributed by atoms with Crippen molar-refractivity contribution in [1.82, 2.24) is 20.9 Å². The van der Waals surface area contributed by atoms with Gasteiger partial charge in [-0.1, -0.05) is 12.1 Å². The fraction of sp³-hybridized carbons (Fsp3) is 0.526. The first kappa shape index (κ1) is 16.0. The van der Waals surface area contributed by atoms with E-state index in [4.69, 9.17) is 0 Å². The molecule has 136 valence electrons. The number of fused-ring (bicyclic) bond motifs is 2. The van der Waals surface area contributed by atoms with Crippen molar-refractivity contribution in [3.8, 4) is 0 Å². The highest BCUT2D eigenvalue weighted by atomic mass is 16.2. The molecule has 4 fully saturated rings. The van der Waals surface area contributed by atoms with Gasteiger partial charge in [-0.2, -0.15) is 0 Å². The average molecular weight is 354 g/mol. The van der Waals surface area contributed by atoms with Crippen LogP contribution in [0.2, 0.25) is 0 Å². The van der Waals surface area contributed by atoms with Crippen LogP contribution < -0.4 is 16.0 Å². The lowest BCUT2D eigenvalue weighted by molar-refractivity contribution is -0.136. The van der Waals surface area contributed by atoms with Crippen molar-refractivity contribution < 1.29 is 14.4 Å². The molecule has 26 heavy (non-hydrogen) atoms. The van der Waals surface area contributed by atoms with Crippen molar-refractivity contribution >= 4 is 17.7 Å². The van der Waals surface area contributed by atoms with E-state index >= 15 is 0 Å². The van der Waals surface area contributed by atoms with E-state index in [2.05, 4.69) is 22.0 Å². The van der Waals surface area contributed by atoms with Gasteiger partial charge in [-0.25, -0.2) is 0 Å². The maximum Gasteiger partial charge on any atom is 0.255 e. The Balaban J connectivity index is 1.28. The summed E-state index contributed by atoms with van der Waals surface area (Å²) in [6, 6.07) is 6.58. The van der Waals surface area contributed by atoms with Gasteiger partial charge in [0.15, 0.2) is 0 Å². The maximum atomic E-state index is 12.8. The third-order valence-corrected chi connectivity index (χ3v) is 6.27. The number of rotatable bonds is 4. The first-order valence-electron chi connectivity index (χ1n) is 9.33. The molecule has 5 aliphatic rings. The van der Waals surface area contributed by atoms with Gasteiger partial charge >= 0.3 is 0 Å². The van der Waals surface area contributed by atoms with Crippen LogP contribution in [-0.2, 0) is 22.7 Å². The van der Waals surface area contributed by atoms with Gasteiger partial charge in [-0.05, 0) is 42.5 Å². The fourth-order valence-electron chi connectivity index (χ4n) is 4.73. The topological polar surface area (TPSA) is 90.5 Å². The molecule has 1 aliphatic carbocycles. The summed E-state index contributed by atoms with van der Waals surface area (Å²) in [5.41, 5.74) is 2.73. The van der Waals surface area contributed by atoms with Crippen LogP contribution >= 0.6 is 0 Å². The third-order valence-electron chi connectivity index (χ3n) is 6.27. The highest BCUT2D eigenvalue weighted by Gasteiger charge is 2.46. The second-order valence-electron chi connectivity index (χ2n) is 7.81. The molecular formula is C19H22N4O3. The van der Waals surface area contributed by atoms with Crippen LogP contribution in [0, 0.1) is 5.92 Å². The second kappa shape index (κ2) is 5.89. The van der Waals surface area contributed by atoms with E-state index < -0.39 is 6.04 Å². The SMILES string of the molecule is O=C1CCC(N2Cc3ccc(CN[C@@H]4[C@H]5CN[C@@H]4C5)cc3C2=O)C(=O)N1. The zero-order chi connectivity index (χ0) is 17.8. The molecule has 4 atom stereocenters. The number of carbonyl (C=O) groups is 3. The van der Waals surface area contributed by atoms with Crippen molar-refractivity contribution in [2.24, 2.45) is 5.92 Å². The van der Waals surface area contributed by atoms with E-state index in [0.29, 0.717) is 30.6 Å². The van der Waals surface area contributed by atoms with Gasteiger partial charge in [-0.3, -0.25) is 19.7 Å². The van der Waals surface area contributed by atoms with Crippen LogP contribution in [0.5, 0.6) is 0 Å². The van der Waals surface area contributed by atoms with Crippen LogP contribution in [0.1, 0.15) is 40.7 Å². The monoisotopic (exact) mass is 354 g/mol. The number of piperidine rings is 1. The number of hydrogen-bond donors (Lipinski definition) is 3. The molecule has 0 spiro atoms. The van der Waals surface area contributed by atoms with Gasteiger partial charge in [0, 0.05) is 37.2 Å². The average Bonchev–Trinajstić information content (AvgIpc) is 3.31. The Labute approximate surface area is 151 Å². The Kier molecular flexibility index (Phi) is 3.62. The molecule has 3 saturated heterocycles. The molecular weight excluding hydrogens is 332 g/mol. The highest BCUT2D eigenvalue weighted by molar-refractivity contribution is 6.05. The van der Waals surface area contributed by atoms with Crippen LogP contribution in [0.15, 0.2) is 18.2 Å². The predicted octanol–water partition coefficient (Wildman–Crippen LogP) is -0.102. The van der Waals surface area contributed by atoms with E-state index in [1.54, 1.807) is 4.90 Å². The largest absolute Gasteiger partial charge is 0.322 e. The first-order valence-corrected chi connectivity index (χ1v) is 9.33. The molecule has 1 aromatic rings. The van der Waals surface area contributed by atoms with E-state index in [0.717, 1.165) is 30.1 Å². The summed E-state index contributed by atoms with van der Waals surface area (Å²) < 4.78 is 0. The Morgan fingerprint density at radius 2 is 2.12 bits per heavy atom. The molecule has 1 saturated carbocycles. The number of carbonyl (C=O) groups excluding carboxylic acids is 3. The molecule has 3 N–H and O–H groups in total. The highest BCUT2D eigenvalue weighted by Crippen LogP contribution is 2.34. The number of nitrogens with zero attached hydrogens (tertiary/aromatic N) is 1. The maximum absolute atomic E-state index is 12.8. The lowest BCUT2D eigenvalue weighted by Gasteiger charge is -2.35. The van der Waals surface area contributed by atoms with Crippen LogP contribution in [-0.4, -0.2) is 47.3 Å². The fourth-order valence-corrected chi connectivity index (χ4v) is 4.73. The van der Waals surface area contributed by atoms with Gasteiger partial charge in [-0.15, -0.1) is 0 Å². The van der Waals surface area contributed by atoms with Gasteiger partial charge in [0.05, 0.1) is 0 Å². The summed E-state index contributed by atoms with van der Waals surface area (Å²) in [5, 5.41) is 9.43. The van der Waals surface area contributed by atoms with E-state index in [9.17, 15) is 14.4 Å². The molecule has 4 aliphatic heterocycles. The van der Waals surface area contributed by atoms with Gasteiger partial charge in [0.25, 0.3) is 5.91 Å². The van der Waals surface area contributed by atoms with Crippen LogP contribution in [0.25, 0.3) is 0 Å². The molecule has 1 unspecified atom stereocenters. The van der Waals surface area contributed by atoms with Crippen LogP contribution in [0.4, 0.5) is 0 Å². The van der Waals surface area contributed by atoms with Gasteiger partial charge < -0.3 is 15.5 Å². The minimum Gasteiger partial charge on any atom is -0.322 e. The number of amides is 3. The number of benzene rings is 1. The minimum atomic E-state index is -0.550. The van der Waals surface area contributed by atoms with Gasteiger partial charge in [0.2, 0.25) is 11.8 Å². The molecule has 2 bridgehead atoms. The number of imide groups is 1. The Morgan fingerprint density at radius 1 is 1.23 bits per heavy atom. The Bertz CT molecular complexity index is 794. The molecule has 7 heteroatoms. The zero-order valence-electron chi connectivity index (χ0n) is 14.5. The summed E-state index contributed by atoms with van der Waals surface area (Å²) in [5.74, 6) is 0.00119. The molecule has 6 rings (SSSR count). The predicted molar refractivity (Wildman–Crippen MR) is 93.0 cm³/mol. The standard InChI is InChI=1S/C19H22N4O3/c24-16-4-3-15(18(25)22-16)23-9-11-2-1-10(5-13(11)19(23)26)7-21-17-12-6-14(17)20-8-12/h1-2,5,12,14-15,17,20-21H,3-4,6-9H2,(H,22,24,25)/t12-,14-,15?,17-/m1/s1. The zero-order valence-corrected chi connectivity index (χ0v) is 14.5. The number of nitrogens with one attached hydrogen (secondary N) is 3. The summed E-state index contributed by atoms with van der Waals surface area (Å²) in [7, 11) is 0. The van der Waals surface area contributed by atoms with Crippen molar-refractivity contribution in [3.05, 3.63) is 34.9 Å². The molecule has 3 amide bonds. The molecule has 4 heterocycles. The van der Waals surface area contributed by atoms with Crippen molar-refractivity contribution in [3.63, 3.8) is 0 Å². The van der Waals surface area contributed by atoms with E-state index in [1.807, 2.05) is 12.1 Å². The van der Waals surface area contributed by atoms with E-state index in [1.165, 1.54) is 6.42 Å². The second-order valence-corrected chi connectivity index (χ2v) is 7.81. The molecule has 0 aromatic heterocycles. The Hall–Kier alpha value is -2.25. The lowest BCUT2D eigenvalue weighted by Crippen LogP contribution is -2.52. The van der Waals surface area contributed by atoms with Crippen LogP contribution in [0.3, 0.4) is 0 Å². The summed E-state index contributed by atoms with van der Waals surface area (Å²) >= 11 is 0. The van der Waals surface area contributed by atoms with Crippen molar-refractivity contribution in [2.45, 2.75) is 50.5 Å². The first-order chi connectivity index (χ1) is 12.6. The van der Waals surface area contributed by atoms with Gasteiger partial charge in [0.1, 0.15) is 6.04 Å². The smallest absolute Gasteiger partial charge is 0.255 e. The van der Waals surface area contributed by atoms with E-state index in [-0.39, 0.29) is 24.1 Å². The van der Waals surface area contributed by atoms with Crippen molar-refractivity contribution in [1.29, 1.82) is 0 Å². The molecule has 0 radical (unpaired) electrons. The molecule has 7 nitrogen and oxygen atoms in total. The quantitative estimate of drug-likeness (QED) is 0.657. The number of hydrogen-bond acceptors (Lipinski definition) is 5. The third kappa shape index (κ3) is 2.46. The minimum absolute atomic E-state index is 0.110. The summed E-state index contributed by atoms with van der Waals surface area (Å²) in [4.78, 5) is 37.9.